The Morgan fingerprint density at radius 3 is 2.39 bits per heavy atom. The van der Waals surface area contributed by atoms with Crippen molar-refractivity contribution in [2.24, 2.45) is 15.5 Å². The highest BCUT2D eigenvalue weighted by atomic mass is 35.5. The predicted octanol–water partition coefficient (Wildman–Crippen LogP) is 4.48. The van der Waals surface area contributed by atoms with E-state index in [4.69, 9.17) is 21.1 Å². The molecule has 0 saturated heterocycles. The molecule has 0 bridgehead atoms. The van der Waals surface area contributed by atoms with E-state index in [0.29, 0.717) is 27.7 Å². The molecule has 5 rings (SSSR count). The maximum absolute atomic E-state index is 13.3. The van der Waals surface area contributed by atoms with Gasteiger partial charge in [-0.3, -0.25) is 0 Å². The van der Waals surface area contributed by atoms with E-state index in [2.05, 4.69) is 29.8 Å². The Morgan fingerprint density at radius 1 is 1.10 bits per heavy atom. The zero-order valence-electron chi connectivity index (χ0n) is 21.4. The van der Waals surface area contributed by atoms with Gasteiger partial charge in [0.05, 0.1) is 19.9 Å². The number of halogens is 4. The first-order chi connectivity index (χ1) is 19.5. The molecule has 0 radical (unpaired) electrons. The van der Waals surface area contributed by atoms with E-state index in [1.807, 2.05) is 0 Å². The van der Waals surface area contributed by atoms with Crippen LogP contribution in [0, 0.1) is 0 Å². The molecule has 2 aliphatic heterocycles. The second-order valence-electron chi connectivity index (χ2n) is 8.33. The zero-order chi connectivity index (χ0) is 29.8. The Balaban J connectivity index is 0.000000699. The highest BCUT2D eigenvalue weighted by Crippen LogP contribution is 2.39. The van der Waals surface area contributed by atoms with E-state index < -0.39 is 42.5 Å². The van der Waals surface area contributed by atoms with Crippen LogP contribution >= 0.6 is 11.6 Å². The molecule has 3 aliphatic rings. The van der Waals surface area contributed by atoms with Crippen molar-refractivity contribution in [3.8, 4) is 5.75 Å². The van der Waals surface area contributed by atoms with Crippen LogP contribution in [0.5, 0.6) is 5.75 Å². The third-order valence-electron chi connectivity index (χ3n) is 5.81. The molecule has 13 nitrogen and oxygen atoms in total. The van der Waals surface area contributed by atoms with Crippen molar-refractivity contribution in [1.82, 2.24) is 5.01 Å². The molecular formula is C24H21ClF3N5O8. The topological polar surface area (TPSA) is 141 Å². The normalized spacial score (nSPS) is 18.6. The Labute approximate surface area is 234 Å². The van der Waals surface area contributed by atoms with E-state index >= 15 is 0 Å². The van der Waals surface area contributed by atoms with E-state index in [0.717, 1.165) is 42.9 Å². The summed E-state index contributed by atoms with van der Waals surface area (Å²) in [6.45, 7) is 0.849. The van der Waals surface area contributed by atoms with Crippen LogP contribution in [0.3, 0.4) is 0 Å². The molecule has 0 unspecified atom stereocenters. The maximum atomic E-state index is 13.3. The summed E-state index contributed by atoms with van der Waals surface area (Å²) in [5.74, 6) is -1.31. The minimum Gasteiger partial charge on any atom is -0.467 e. The van der Waals surface area contributed by atoms with Crippen molar-refractivity contribution >= 4 is 41.1 Å². The summed E-state index contributed by atoms with van der Waals surface area (Å²) in [6.07, 6.45) is -6.01. The van der Waals surface area contributed by atoms with E-state index in [-0.39, 0.29) is 17.8 Å². The van der Waals surface area contributed by atoms with Gasteiger partial charge < -0.3 is 23.8 Å². The third kappa shape index (κ3) is 6.33. The van der Waals surface area contributed by atoms with Crippen LogP contribution in [0.1, 0.15) is 11.1 Å². The SMILES string of the molecule is C1CON=N1.COC(=O)N(C(=O)N1CO[C@@]2(C(=O)OC)Cc3cc(Cl)ccc3C2=N1)c1ccc(OC(F)(F)F)cc1. The molecule has 17 heteroatoms. The van der Waals surface area contributed by atoms with Crippen molar-refractivity contribution in [1.29, 1.82) is 0 Å². The second-order valence-corrected chi connectivity index (χ2v) is 8.76. The summed E-state index contributed by atoms with van der Waals surface area (Å²) < 4.78 is 56.6. The van der Waals surface area contributed by atoms with Gasteiger partial charge in [-0.15, -0.1) is 13.2 Å². The summed E-state index contributed by atoms with van der Waals surface area (Å²) in [7, 11) is 2.19. The lowest BCUT2D eigenvalue weighted by molar-refractivity contribution is -0.274. The molecule has 1 atom stereocenters. The predicted molar refractivity (Wildman–Crippen MR) is 133 cm³/mol. The smallest absolute Gasteiger partial charge is 0.467 e. The van der Waals surface area contributed by atoms with E-state index in [9.17, 15) is 27.6 Å². The summed E-state index contributed by atoms with van der Waals surface area (Å²) >= 11 is 6.07. The maximum Gasteiger partial charge on any atom is 0.573 e. The first kappa shape index (κ1) is 29.5. The van der Waals surface area contributed by atoms with Crippen molar-refractivity contribution in [2.45, 2.75) is 18.4 Å². The lowest BCUT2D eigenvalue weighted by Gasteiger charge is -2.35. The number of amides is 3. The van der Waals surface area contributed by atoms with Crippen molar-refractivity contribution < 1.29 is 51.3 Å². The van der Waals surface area contributed by atoms with Gasteiger partial charge in [0.1, 0.15) is 31.3 Å². The molecule has 0 spiro atoms. The van der Waals surface area contributed by atoms with Crippen LogP contribution in [0.25, 0.3) is 0 Å². The molecule has 0 aromatic heterocycles. The minimum absolute atomic E-state index is 0.0534. The number of hydrazone groups is 1. The number of carbonyl (C=O) groups excluding carboxylic acids is 3. The molecule has 0 N–H and O–H groups in total. The van der Waals surface area contributed by atoms with Gasteiger partial charge in [0.2, 0.25) is 5.60 Å². The van der Waals surface area contributed by atoms with Crippen LogP contribution in [0.2, 0.25) is 5.02 Å². The first-order valence-electron chi connectivity index (χ1n) is 11.6. The molecule has 2 aromatic carbocycles. The zero-order valence-corrected chi connectivity index (χ0v) is 22.1. The number of methoxy groups -OCH3 is 2. The van der Waals surface area contributed by atoms with Crippen LogP contribution < -0.4 is 9.64 Å². The van der Waals surface area contributed by atoms with E-state index in [1.54, 1.807) is 18.2 Å². The lowest BCUT2D eigenvalue weighted by atomic mass is 9.97. The standard InChI is InChI=1S/C22H17ClF3N3O7.C2H4N2O/c1-33-18(30)21-10-12-9-13(23)3-8-16(12)17(21)27-28(11-35-21)19(31)29(20(32)34-2)14-4-6-15(7-5-14)36-22(24,25)26;1-2-5-4-3-1/h3-9H,10-11H2,1-2H3;1-2H2/t21-;/m0./s1. The van der Waals surface area contributed by atoms with Gasteiger partial charge in [0, 0.05) is 22.3 Å². The Hall–Kier alpha value is -4.44. The Bertz CT molecular complexity index is 1380. The highest BCUT2D eigenvalue weighted by Gasteiger charge is 2.55. The van der Waals surface area contributed by atoms with Crippen LogP contribution in [0.4, 0.5) is 28.4 Å². The van der Waals surface area contributed by atoms with Gasteiger partial charge in [-0.2, -0.15) is 20.1 Å². The van der Waals surface area contributed by atoms with Gasteiger partial charge >= 0.3 is 24.5 Å². The third-order valence-corrected chi connectivity index (χ3v) is 6.04. The molecular weight excluding hydrogens is 579 g/mol. The summed E-state index contributed by atoms with van der Waals surface area (Å²) in [4.78, 5) is 43.4. The number of benzene rings is 2. The molecule has 41 heavy (non-hydrogen) atoms. The number of ether oxygens (including phenoxy) is 4. The van der Waals surface area contributed by atoms with Crippen molar-refractivity contribution in [3.05, 3.63) is 58.6 Å². The number of anilines is 1. The van der Waals surface area contributed by atoms with Crippen molar-refractivity contribution in [3.63, 3.8) is 0 Å². The number of esters is 1. The minimum atomic E-state index is -4.92. The second kappa shape index (κ2) is 12.0. The largest absolute Gasteiger partial charge is 0.573 e. The summed E-state index contributed by atoms with van der Waals surface area (Å²) in [6, 6.07) is 7.70. The van der Waals surface area contributed by atoms with Gasteiger partial charge in [-0.1, -0.05) is 17.7 Å². The molecule has 3 amide bonds. The van der Waals surface area contributed by atoms with Gasteiger partial charge in [0.15, 0.2) is 0 Å². The Kier molecular flexibility index (Phi) is 8.63. The number of imide groups is 1. The molecule has 218 valence electrons. The summed E-state index contributed by atoms with van der Waals surface area (Å²) in [5.41, 5.74) is -0.582. The van der Waals surface area contributed by atoms with Crippen LogP contribution in [-0.2, 0) is 30.3 Å². The van der Waals surface area contributed by atoms with Crippen molar-refractivity contribution in [2.75, 3.05) is 39.0 Å². The average molecular weight is 600 g/mol. The molecule has 0 saturated carbocycles. The number of alkyl halides is 3. The highest BCUT2D eigenvalue weighted by molar-refractivity contribution is 6.31. The number of fused-ring (bicyclic) bond motifs is 3. The monoisotopic (exact) mass is 599 g/mol. The van der Waals surface area contributed by atoms with Gasteiger partial charge in [-0.25, -0.2) is 14.4 Å². The fourth-order valence-electron chi connectivity index (χ4n) is 4.08. The molecule has 0 fully saturated rings. The van der Waals surface area contributed by atoms with Gasteiger partial charge in [0.25, 0.3) is 0 Å². The van der Waals surface area contributed by atoms with Crippen LogP contribution in [0.15, 0.2) is 58.0 Å². The fourth-order valence-corrected chi connectivity index (χ4v) is 4.27. The summed E-state index contributed by atoms with van der Waals surface area (Å²) in [5, 5.41) is 12.2. The Morgan fingerprint density at radius 2 is 1.83 bits per heavy atom. The fraction of sp³-hybridized carbons (Fsp3) is 0.333. The number of hydrogen-bond acceptors (Lipinski definition) is 11. The quantitative estimate of drug-likeness (QED) is 0.470. The number of hydrogen-bond donors (Lipinski definition) is 0. The number of urea groups is 1. The van der Waals surface area contributed by atoms with Crippen LogP contribution in [-0.4, -0.2) is 74.9 Å². The molecule has 2 aromatic rings. The number of nitrogens with zero attached hydrogens (tertiary/aromatic N) is 5. The number of carbonyl (C=O) groups is 3. The molecule has 1 aliphatic carbocycles. The first-order valence-corrected chi connectivity index (χ1v) is 12.0. The van der Waals surface area contributed by atoms with Gasteiger partial charge in [-0.05, 0) is 42.0 Å². The number of rotatable bonds is 3. The average Bonchev–Trinajstić information content (AvgIpc) is 3.62. The van der Waals surface area contributed by atoms with E-state index in [1.165, 1.54) is 7.11 Å². The molecule has 2 heterocycles. The lowest BCUT2D eigenvalue weighted by Crippen LogP contribution is -2.56.